The fourth-order valence-corrected chi connectivity index (χ4v) is 1.88. The molecule has 0 radical (unpaired) electrons. The molecule has 4 nitrogen and oxygen atoms in total. The number of aromatic nitrogens is 2. The van der Waals surface area contributed by atoms with Crippen molar-refractivity contribution in [3.8, 4) is 0 Å². The van der Waals surface area contributed by atoms with Crippen LogP contribution in [0.25, 0.3) is 0 Å². The lowest BCUT2D eigenvalue weighted by Crippen LogP contribution is -2.21. The molecular formula is C11H12N2O2. The molecule has 2 aliphatic carbocycles. The number of carboxylic acids is 1. The second-order valence-corrected chi connectivity index (χ2v) is 4.46. The Hall–Kier alpha value is -1.45. The molecule has 78 valence electrons. The van der Waals surface area contributed by atoms with Gasteiger partial charge in [0.25, 0.3) is 0 Å². The average Bonchev–Trinajstić information content (AvgIpc) is 3.11. The van der Waals surface area contributed by atoms with Crippen LogP contribution >= 0.6 is 0 Å². The molecule has 3 rings (SSSR count). The summed E-state index contributed by atoms with van der Waals surface area (Å²) in [5.41, 5.74) is 0.0129. The summed E-state index contributed by atoms with van der Waals surface area (Å²) >= 11 is 0. The van der Waals surface area contributed by atoms with Crippen LogP contribution in [0.2, 0.25) is 0 Å². The van der Waals surface area contributed by atoms with Gasteiger partial charge in [-0.15, -0.1) is 0 Å². The van der Waals surface area contributed by atoms with E-state index in [0.717, 1.165) is 18.7 Å². The van der Waals surface area contributed by atoms with Crippen LogP contribution in [0, 0.1) is 0 Å². The number of hydrogen-bond donors (Lipinski definition) is 1. The maximum atomic E-state index is 11.1. The van der Waals surface area contributed by atoms with Gasteiger partial charge in [-0.1, -0.05) is 0 Å². The third-order valence-electron chi connectivity index (χ3n) is 3.27. The molecule has 15 heavy (non-hydrogen) atoms. The summed E-state index contributed by atoms with van der Waals surface area (Å²) in [6.07, 6.45) is 5.40. The number of hydrogen-bond acceptors (Lipinski definition) is 3. The van der Waals surface area contributed by atoms with E-state index in [1.54, 1.807) is 12.3 Å². The van der Waals surface area contributed by atoms with Crippen LogP contribution < -0.4 is 0 Å². The Morgan fingerprint density at radius 3 is 2.73 bits per heavy atom. The lowest BCUT2D eigenvalue weighted by Gasteiger charge is -2.09. The van der Waals surface area contributed by atoms with Crippen LogP contribution in [0.1, 0.15) is 43.1 Å². The van der Waals surface area contributed by atoms with E-state index >= 15 is 0 Å². The minimum atomic E-state index is -0.747. The van der Waals surface area contributed by atoms with E-state index < -0.39 is 11.4 Å². The molecular weight excluding hydrogens is 192 g/mol. The van der Waals surface area contributed by atoms with Crippen LogP contribution in [-0.4, -0.2) is 21.0 Å². The average molecular weight is 204 g/mol. The predicted octanol–water partition coefficient (Wildman–Crippen LogP) is 1.47. The molecule has 1 N–H and O–H groups in total. The van der Waals surface area contributed by atoms with E-state index in [1.807, 2.05) is 0 Å². The first kappa shape index (κ1) is 8.83. The van der Waals surface area contributed by atoms with Gasteiger partial charge < -0.3 is 5.11 Å². The van der Waals surface area contributed by atoms with Gasteiger partial charge in [-0.25, -0.2) is 9.97 Å². The monoisotopic (exact) mass is 204 g/mol. The van der Waals surface area contributed by atoms with Crippen LogP contribution in [-0.2, 0) is 10.2 Å². The molecule has 0 saturated heterocycles. The maximum absolute atomic E-state index is 11.1. The fraction of sp³-hybridized carbons (Fsp3) is 0.545. The molecule has 0 bridgehead atoms. The molecule has 2 aliphatic rings. The zero-order valence-electron chi connectivity index (χ0n) is 8.31. The van der Waals surface area contributed by atoms with Crippen molar-refractivity contribution in [2.24, 2.45) is 0 Å². The van der Waals surface area contributed by atoms with E-state index in [-0.39, 0.29) is 0 Å². The lowest BCUT2D eigenvalue weighted by atomic mass is 10.0. The Labute approximate surface area is 87.4 Å². The molecule has 0 aromatic carbocycles. The Morgan fingerprint density at radius 2 is 2.20 bits per heavy atom. The van der Waals surface area contributed by atoms with Crippen LogP contribution in [0.15, 0.2) is 12.3 Å². The highest BCUT2D eigenvalue weighted by Gasteiger charge is 2.53. The zero-order valence-corrected chi connectivity index (χ0v) is 8.31. The van der Waals surface area contributed by atoms with E-state index in [4.69, 9.17) is 5.11 Å². The first-order valence-corrected chi connectivity index (χ1v) is 5.29. The quantitative estimate of drug-likeness (QED) is 0.809. The van der Waals surface area contributed by atoms with E-state index in [2.05, 4.69) is 9.97 Å². The van der Waals surface area contributed by atoms with E-state index in [1.165, 1.54) is 0 Å². The molecule has 0 atom stereocenters. The van der Waals surface area contributed by atoms with Gasteiger partial charge in [0.15, 0.2) is 0 Å². The van der Waals surface area contributed by atoms with Gasteiger partial charge >= 0.3 is 5.97 Å². The summed E-state index contributed by atoms with van der Waals surface area (Å²) < 4.78 is 0. The molecule has 2 fully saturated rings. The standard InChI is InChI=1S/C11H12N2O2/c14-10(15)11(4-5-11)8-3-6-12-9(13-8)7-1-2-7/h3,6-7H,1-2,4-5H2,(H,14,15). The summed E-state index contributed by atoms with van der Waals surface area (Å²) in [6.45, 7) is 0. The molecule has 0 aliphatic heterocycles. The van der Waals surface area contributed by atoms with Crippen molar-refractivity contribution < 1.29 is 9.90 Å². The number of carboxylic acid groups (broad SMARTS) is 1. The molecule has 2 saturated carbocycles. The SMILES string of the molecule is O=C(O)C1(c2ccnc(C3CC3)n2)CC1. The molecule has 1 aromatic rings. The molecule has 0 amide bonds. The lowest BCUT2D eigenvalue weighted by molar-refractivity contribution is -0.140. The number of nitrogens with zero attached hydrogens (tertiary/aromatic N) is 2. The van der Waals surface area contributed by atoms with Crippen molar-refractivity contribution >= 4 is 5.97 Å². The van der Waals surface area contributed by atoms with Gasteiger partial charge in [0, 0.05) is 12.1 Å². The van der Waals surface area contributed by atoms with Crippen molar-refractivity contribution in [3.05, 3.63) is 23.8 Å². The summed E-state index contributed by atoms with van der Waals surface area (Å²) in [7, 11) is 0. The smallest absolute Gasteiger partial charge is 0.315 e. The maximum Gasteiger partial charge on any atom is 0.315 e. The first-order chi connectivity index (χ1) is 7.22. The second-order valence-electron chi connectivity index (χ2n) is 4.46. The van der Waals surface area contributed by atoms with Crippen molar-refractivity contribution in [2.75, 3.05) is 0 Å². The summed E-state index contributed by atoms with van der Waals surface area (Å²) in [6, 6.07) is 1.74. The van der Waals surface area contributed by atoms with Crippen molar-refractivity contribution in [3.63, 3.8) is 0 Å². The highest BCUT2D eigenvalue weighted by molar-refractivity contribution is 5.84. The second kappa shape index (κ2) is 2.78. The predicted molar refractivity (Wildman–Crippen MR) is 52.6 cm³/mol. The van der Waals surface area contributed by atoms with E-state index in [0.29, 0.717) is 24.5 Å². The van der Waals surface area contributed by atoms with E-state index in [9.17, 15) is 4.79 Å². The fourth-order valence-electron chi connectivity index (χ4n) is 1.88. The number of rotatable bonds is 3. The van der Waals surface area contributed by atoms with Gasteiger partial charge in [0.1, 0.15) is 11.2 Å². The van der Waals surface area contributed by atoms with Crippen molar-refractivity contribution in [2.45, 2.75) is 37.0 Å². The Morgan fingerprint density at radius 1 is 1.47 bits per heavy atom. The van der Waals surface area contributed by atoms with Crippen LogP contribution in [0.3, 0.4) is 0 Å². The van der Waals surface area contributed by atoms with Crippen LogP contribution in [0.5, 0.6) is 0 Å². The van der Waals surface area contributed by atoms with Crippen molar-refractivity contribution in [1.29, 1.82) is 0 Å². The number of carbonyl (C=O) groups is 1. The summed E-state index contributed by atoms with van der Waals surface area (Å²) in [4.78, 5) is 19.7. The van der Waals surface area contributed by atoms with Crippen LogP contribution in [0.4, 0.5) is 0 Å². The largest absolute Gasteiger partial charge is 0.481 e. The molecule has 1 heterocycles. The molecule has 0 unspecified atom stereocenters. The van der Waals surface area contributed by atoms with Gasteiger partial charge in [0.2, 0.25) is 0 Å². The Balaban J connectivity index is 1.97. The summed E-state index contributed by atoms with van der Waals surface area (Å²) in [5, 5.41) is 9.14. The van der Waals surface area contributed by atoms with Gasteiger partial charge in [-0.3, -0.25) is 4.79 Å². The third-order valence-corrected chi connectivity index (χ3v) is 3.27. The topological polar surface area (TPSA) is 63.1 Å². The highest BCUT2D eigenvalue weighted by atomic mass is 16.4. The first-order valence-electron chi connectivity index (χ1n) is 5.29. The normalized spacial score (nSPS) is 22.4. The summed E-state index contributed by atoms with van der Waals surface area (Å²) in [5.74, 6) is 0.567. The molecule has 0 spiro atoms. The minimum Gasteiger partial charge on any atom is -0.481 e. The third kappa shape index (κ3) is 1.32. The van der Waals surface area contributed by atoms with Gasteiger partial charge in [0.05, 0.1) is 5.69 Å². The molecule has 1 aromatic heterocycles. The van der Waals surface area contributed by atoms with Gasteiger partial charge in [-0.2, -0.15) is 0 Å². The Bertz CT molecular complexity index is 422. The van der Waals surface area contributed by atoms with Gasteiger partial charge in [-0.05, 0) is 31.7 Å². The highest BCUT2D eigenvalue weighted by Crippen LogP contribution is 2.48. The zero-order chi connectivity index (χ0) is 10.5. The Kier molecular flexibility index (Phi) is 1.63. The minimum absolute atomic E-state index is 0.481. The number of aliphatic carboxylic acids is 1. The van der Waals surface area contributed by atoms with Crippen molar-refractivity contribution in [1.82, 2.24) is 9.97 Å². The molecule has 4 heteroatoms.